The molecule has 84 valence electrons. The highest BCUT2D eigenvalue weighted by Gasteiger charge is 2.04. The van der Waals surface area contributed by atoms with Crippen molar-refractivity contribution in [1.29, 1.82) is 0 Å². The second-order valence-corrected chi connectivity index (χ2v) is 5.07. The molecule has 0 radical (unpaired) electrons. The Kier molecular flexibility index (Phi) is 5.76. The number of rotatable bonds is 6. The monoisotopic (exact) mass is 225 g/mol. The normalized spacial score (nSPS) is 12.7. The Hall–Kier alpha value is -0.510. The average molecular weight is 225 g/mol. The van der Waals surface area contributed by atoms with E-state index in [2.05, 4.69) is 31.2 Å². The summed E-state index contributed by atoms with van der Waals surface area (Å²) in [5, 5.41) is 0.581. The quantitative estimate of drug-likeness (QED) is 0.756. The first-order valence-corrected chi connectivity index (χ1v) is 6.09. The van der Waals surface area contributed by atoms with Gasteiger partial charge in [-0.05, 0) is 24.1 Å². The van der Waals surface area contributed by atoms with Crippen molar-refractivity contribution < 1.29 is 4.74 Å². The Morgan fingerprint density at radius 3 is 2.93 bits per heavy atom. The first-order chi connectivity index (χ1) is 7.26. The summed E-state index contributed by atoms with van der Waals surface area (Å²) >= 11 is 1.88. The Labute approximate surface area is 96.2 Å². The highest BCUT2D eigenvalue weighted by atomic mass is 32.2. The molecule has 2 N–H and O–H groups in total. The van der Waals surface area contributed by atoms with Crippen LogP contribution in [0.1, 0.15) is 18.9 Å². The van der Waals surface area contributed by atoms with E-state index >= 15 is 0 Å². The summed E-state index contributed by atoms with van der Waals surface area (Å²) in [6.45, 7) is 3.66. The lowest BCUT2D eigenvalue weighted by atomic mass is 10.2. The molecule has 15 heavy (non-hydrogen) atoms. The third-order valence-electron chi connectivity index (χ3n) is 2.20. The van der Waals surface area contributed by atoms with Crippen molar-refractivity contribution in [3.8, 4) is 0 Å². The van der Waals surface area contributed by atoms with Crippen LogP contribution in [-0.2, 0) is 11.3 Å². The van der Waals surface area contributed by atoms with E-state index in [1.54, 1.807) is 7.11 Å². The average Bonchev–Trinajstić information content (AvgIpc) is 2.26. The van der Waals surface area contributed by atoms with Gasteiger partial charge in [-0.1, -0.05) is 19.1 Å². The van der Waals surface area contributed by atoms with Gasteiger partial charge in [0.05, 0.1) is 0 Å². The molecular formula is C12H19NOS. The van der Waals surface area contributed by atoms with Gasteiger partial charge in [0, 0.05) is 30.4 Å². The van der Waals surface area contributed by atoms with Crippen molar-refractivity contribution in [3.63, 3.8) is 0 Å². The molecule has 0 amide bonds. The predicted molar refractivity (Wildman–Crippen MR) is 66.1 cm³/mol. The minimum atomic E-state index is 0.581. The first kappa shape index (κ1) is 12.6. The molecule has 0 spiro atoms. The van der Waals surface area contributed by atoms with Gasteiger partial charge in [-0.15, -0.1) is 11.8 Å². The maximum Gasteiger partial charge on any atom is 0.0472 e. The number of methoxy groups -OCH3 is 1. The zero-order chi connectivity index (χ0) is 11.1. The number of ether oxygens (including phenoxy) is 1. The second-order valence-electron chi connectivity index (χ2n) is 3.56. The van der Waals surface area contributed by atoms with Crippen LogP contribution in [0.25, 0.3) is 0 Å². The Morgan fingerprint density at radius 2 is 2.27 bits per heavy atom. The summed E-state index contributed by atoms with van der Waals surface area (Å²) < 4.78 is 5.06. The summed E-state index contributed by atoms with van der Waals surface area (Å²) in [6.07, 6.45) is 1.08. The molecule has 1 atom stereocenters. The molecule has 0 saturated carbocycles. The lowest BCUT2D eigenvalue weighted by molar-refractivity contribution is 0.195. The molecule has 0 aliphatic heterocycles. The Morgan fingerprint density at radius 1 is 1.47 bits per heavy atom. The SMILES string of the molecule is COCCC(C)Sc1cccc(CN)c1. The van der Waals surface area contributed by atoms with Crippen LogP contribution in [-0.4, -0.2) is 19.0 Å². The predicted octanol–water partition coefficient (Wildman–Crippen LogP) is 2.66. The van der Waals surface area contributed by atoms with E-state index in [1.807, 2.05) is 11.8 Å². The number of nitrogens with two attached hydrogens (primary N) is 1. The van der Waals surface area contributed by atoms with Crippen LogP contribution in [0.5, 0.6) is 0 Å². The second kappa shape index (κ2) is 6.88. The fraction of sp³-hybridized carbons (Fsp3) is 0.500. The molecule has 0 aliphatic rings. The molecule has 1 aromatic rings. The van der Waals surface area contributed by atoms with E-state index in [0.29, 0.717) is 11.8 Å². The van der Waals surface area contributed by atoms with Crippen molar-refractivity contribution in [2.24, 2.45) is 5.73 Å². The fourth-order valence-electron chi connectivity index (χ4n) is 1.32. The maximum atomic E-state index is 5.60. The highest BCUT2D eigenvalue weighted by molar-refractivity contribution is 7.99. The Bertz CT molecular complexity index is 291. The van der Waals surface area contributed by atoms with E-state index in [4.69, 9.17) is 10.5 Å². The highest BCUT2D eigenvalue weighted by Crippen LogP contribution is 2.25. The van der Waals surface area contributed by atoms with Crippen LogP contribution in [0, 0.1) is 0 Å². The summed E-state index contributed by atoms with van der Waals surface area (Å²) in [5.74, 6) is 0. The van der Waals surface area contributed by atoms with Crippen molar-refractivity contribution in [1.82, 2.24) is 0 Å². The van der Waals surface area contributed by atoms with Gasteiger partial charge in [-0.25, -0.2) is 0 Å². The summed E-state index contributed by atoms with van der Waals surface area (Å²) in [4.78, 5) is 1.29. The van der Waals surface area contributed by atoms with Gasteiger partial charge >= 0.3 is 0 Å². The topological polar surface area (TPSA) is 35.2 Å². The molecule has 2 nitrogen and oxygen atoms in total. The molecule has 0 aliphatic carbocycles. The van der Waals surface area contributed by atoms with Gasteiger partial charge in [-0.3, -0.25) is 0 Å². The van der Waals surface area contributed by atoms with Gasteiger partial charge in [0.2, 0.25) is 0 Å². The van der Waals surface area contributed by atoms with Crippen LogP contribution in [0.15, 0.2) is 29.2 Å². The zero-order valence-electron chi connectivity index (χ0n) is 9.40. The van der Waals surface area contributed by atoms with E-state index in [9.17, 15) is 0 Å². The maximum absolute atomic E-state index is 5.60. The number of hydrogen-bond donors (Lipinski definition) is 1. The van der Waals surface area contributed by atoms with E-state index in [0.717, 1.165) is 13.0 Å². The van der Waals surface area contributed by atoms with Crippen LogP contribution in [0.2, 0.25) is 0 Å². The summed E-state index contributed by atoms with van der Waals surface area (Å²) in [5.41, 5.74) is 6.79. The van der Waals surface area contributed by atoms with Crippen LogP contribution >= 0.6 is 11.8 Å². The molecule has 0 heterocycles. The number of benzene rings is 1. The zero-order valence-corrected chi connectivity index (χ0v) is 10.2. The van der Waals surface area contributed by atoms with Crippen LogP contribution < -0.4 is 5.73 Å². The lowest BCUT2D eigenvalue weighted by Crippen LogP contribution is -2.01. The van der Waals surface area contributed by atoms with E-state index < -0.39 is 0 Å². The molecule has 1 rings (SSSR count). The lowest BCUT2D eigenvalue weighted by Gasteiger charge is -2.10. The number of hydrogen-bond acceptors (Lipinski definition) is 3. The largest absolute Gasteiger partial charge is 0.385 e. The third kappa shape index (κ3) is 4.69. The minimum absolute atomic E-state index is 0.581. The van der Waals surface area contributed by atoms with Gasteiger partial charge in [0.1, 0.15) is 0 Å². The summed E-state index contributed by atoms with van der Waals surface area (Å²) in [6, 6.07) is 8.42. The van der Waals surface area contributed by atoms with Crippen molar-refractivity contribution in [2.75, 3.05) is 13.7 Å². The van der Waals surface area contributed by atoms with Gasteiger partial charge in [0.25, 0.3) is 0 Å². The standard InChI is InChI=1S/C12H19NOS/c1-10(6-7-14-2)15-12-5-3-4-11(8-12)9-13/h3-5,8,10H,6-7,9,13H2,1-2H3. The summed E-state index contributed by atoms with van der Waals surface area (Å²) in [7, 11) is 1.74. The molecule has 0 bridgehead atoms. The first-order valence-electron chi connectivity index (χ1n) is 5.21. The van der Waals surface area contributed by atoms with Crippen LogP contribution in [0.4, 0.5) is 0 Å². The van der Waals surface area contributed by atoms with Crippen molar-refractivity contribution >= 4 is 11.8 Å². The molecule has 0 fully saturated rings. The molecule has 1 aromatic carbocycles. The fourth-order valence-corrected chi connectivity index (χ4v) is 2.38. The van der Waals surface area contributed by atoms with Gasteiger partial charge < -0.3 is 10.5 Å². The van der Waals surface area contributed by atoms with Crippen molar-refractivity contribution in [2.45, 2.75) is 30.0 Å². The van der Waals surface area contributed by atoms with Gasteiger partial charge in [0.15, 0.2) is 0 Å². The molecule has 0 aromatic heterocycles. The molecular weight excluding hydrogens is 206 g/mol. The smallest absolute Gasteiger partial charge is 0.0472 e. The minimum Gasteiger partial charge on any atom is -0.385 e. The molecule has 1 unspecified atom stereocenters. The Balaban J connectivity index is 2.48. The van der Waals surface area contributed by atoms with E-state index in [1.165, 1.54) is 10.5 Å². The number of thioether (sulfide) groups is 1. The molecule has 3 heteroatoms. The van der Waals surface area contributed by atoms with Crippen LogP contribution in [0.3, 0.4) is 0 Å². The third-order valence-corrected chi connectivity index (χ3v) is 3.36. The van der Waals surface area contributed by atoms with E-state index in [-0.39, 0.29) is 0 Å². The van der Waals surface area contributed by atoms with Gasteiger partial charge in [-0.2, -0.15) is 0 Å². The van der Waals surface area contributed by atoms with Crippen molar-refractivity contribution in [3.05, 3.63) is 29.8 Å². The molecule has 0 saturated heterocycles.